The van der Waals surface area contributed by atoms with Crippen LogP contribution in [0.25, 0.3) is 0 Å². The summed E-state index contributed by atoms with van der Waals surface area (Å²) in [5.74, 6) is 0.106. The lowest BCUT2D eigenvalue weighted by Gasteiger charge is -2.33. The molecule has 0 bridgehead atoms. The van der Waals surface area contributed by atoms with Crippen LogP contribution >= 0.6 is 0 Å². The van der Waals surface area contributed by atoms with E-state index < -0.39 is 12.1 Å². The molecule has 1 rings (SSSR count). The largest absolute Gasteiger partial charge is 0.512 e. The van der Waals surface area contributed by atoms with Gasteiger partial charge in [-0.2, -0.15) is 0 Å². The molecule has 1 fully saturated rings. The lowest BCUT2D eigenvalue weighted by Crippen LogP contribution is -2.37. The minimum Gasteiger partial charge on any atom is -0.512 e. The zero-order valence-corrected chi connectivity index (χ0v) is 13.8. The maximum Gasteiger partial charge on any atom is 0.330 e. The first-order chi connectivity index (χ1) is 10.9. The molecular weight excluding hydrogens is 296 g/mol. The van der Waals surface area contributed by atoms with Gasteiger partial charge >= 0.3 is 5.97 Å². The predicted molar refractivity (Wildman–Crippen MR) is 88.7 cm³/mol. The molecule has 0 aromatic heterocycles. The van der Waals surface area contributed by atoms with Gasteiger partial charge in [0.2, 0.25) is 0 Å². The van der Waals surface area contributed by atoms with Crippen LogP contribution in [0.4, 0.5) is 0 Å². The summed E-state index contributed by atoms with van der Waals surface area (Å²) in [5.41, 5.74) is 0.515. The van der Waals surface area contributed by atoms with Crippen molar-refractivity contribution in [3.05, 3.63) is 48.5 Å². The third-order valence-electron chi connectivity index (χ3n) is 3.81. The molecule has 0 aliphatic heterocycles. The average molecular weight is 322 g/mol. The van der Waals surface area contributed by atoms with Gasteiger partial charge in [-0.1, -0.05) is 25.3 Å². The first kappa shape index (κ1) is 19.0. The summed E-state index contributed by atoms with van der Waals surface area (Å²) in [4.78, 5) is 11.1. The van der Waals surface area contributed by atoms with Crippen LogP contribution in [0.2, 0.25) is 0 Å². The zero-order chi connectivity index (χ0) is 17.4. The van der Waals surface area contributed by atoms with Gasteiger partial charge in [0.05, 0.1) is 18.3 Å². The van der Waals surface area contributed by atoms with Crippen LogP contribution in [0, 0.1) is 5.92 Å². The van der Waals surface area contributed by atoms with Gasteiger partial charge in [-0.25, -0.2) is 4.79 Å². The summed E-state index contributed by atoms with van der Waals surface area (Å²) in [6.07, 6.45) is 5.47. The number of ether oxygens (including phenoxy) is 2. The molecular formula is C18H26O5. The molecule has 128 valence electrons. The minimum absolute atomic E-state index is 0.104. The van der Waals surface area contributed by atoms with E-state index in [0.717, 1.165) is 12.5 Å². The molecule has 0 spiro atoms. The monoisotopic (exact) mass is 322 g/mol. The predicted octanol–water partition coefficient (Wildman–Crippen LogP) is 3.18. The Balaban J connectivity index is 2.55. The van der Waals surface area contributed by atoms with Crippen molar-refractivity contribution in [3.8, 4) is 0 Å². The normalized spacial score (nSPS) is 25.6. The lowest BCUT2D eigenvalue weighted by molar-refractivity contribution is -0.140. The van der Waals surface area contributed by atoms with Gasteiger partial charge in [0.15, 0.2) is 0 Å². The highest BCUT2D eigenvalue weighted by molar-refractivity contribution is 5.81. The highest BCUT2D eigenvalue weighted by atomic mass is 16.5. The Morgan fingerprint density at radius 1 is 1.39 bits per heavy atom. The van der Waals surface area contributed by atoms with Crippen LogP contribution in [0.15, 0.2) is 48.5 Å². The first-order valence-corrected chi connectivity index (χ1v) is 7.74. The topological polar surface area (TPSA) is 76.0 Å². The second-order valence-electron chi connectivity index (χ2n) is 5.66. The number of rotatable bonds is 7. The van der Waals surface area contributed by atoms with Crippen LogP contribution in [0.5, 0.6) is 0 Å². The van der Waals surface area contributed by atoms with Crippen molar-refractivity contribution in [1.29, 1.82) is 0 Å². The van der Waals surface area contributed by atoms with Gasteiger partial charge in [-0.05, 0) is 39.0 Å². The number of aliphatic hydroxyl groups excluding tert-OH is 2. The molecule has 5 heteroatoms. The van der Waals surface area contributed by atoms with E-state index in [1.807, 2.05) is 6.92 Å². The Labute approximate surface area is 137 Å². The molecule has 0 saturated heterocycles. The fourth-order valence-corrected chi connectivity index (χ4v) is 2.58. The highest BCUT2D eigenvalue weighted by Gasteiger charge is 2.31. The third-order valence-corrected chi connectivity index (χ3v) is 3.81. The van der Waals surface area contributed by atoms with Crippen LogP contribution in [-0.2, 0) is 14.3 Å². The Morgan fingerprint density at radius 2 is 2.09 bits per heavy atom. The zero-order valence-electron chi connectivity index (χ0n) is 13.8. The third kappa shape index (κ3) is 5.94. The van der Waals surface area contributed by atoms with E-state index >= 15 is 0 Å². The molecule has 0 aromatic carbocycles. The van der Waals surface area contributed by atoms with Crippen molar-refractivity contribution in [2.24, 2.45) is 5.92 Å². The number of carbonyl (C=O) groups excluding carboxylic acids is 1. The summed E-state index contributed by atoms with van der Waals surface area (Å²) in [7, 11) is 0. The van der Waals surface area contributed by atoms with Crippen molar-refractivity contribution in [1.82, 2.24) is 0 Å². The molecule has 0 heterocycles. The van der Waals surface area contributed by atoms with E-state index in [1.54, 1.807) is 19.1 Å². The second kappa shape index (κ2) is 9.20. The number of hydrogen-bond donors (Lipinski definition) is 2. The maximum atomic E-state index is 11.1. The molecule has 0 aromatic rings. The Hall–Kier alpha value is -2.01. The SMILES string of the molecule is C=CC(=O)OCC1CCC(OC(=C)C(/C=C\C)=C(\C)O)C(O)C1. The summed E-state index contributed by atoms with van der Waals surface area (Å²) in [6.45, 7) is 10.8. The first-order valence-electron chi connectivity index (χ1n) is 7.74. The molecule has 5 nitrogen and oxygen atoms in total. The van der Waals surface area contributed by atoms with Gasteiger partial charge in [-0.3, -0.25) is 0 Å². The van der Waals surface area contributed by atoms with E-state index in [0.29, 0.717) is 24.2 Å². The minimum atomic E-state index is -0.668. The summed E-state index contributed by atoms with van der Waals surface area (Å²) < 4.78 is 10.8. The summed E-state index contributed by atoms with van der Waals surface area (Å²) in [5, 5.41) is 19.9. The molecule has 0 amide bonds. The van der Waals surface area contributed by atoms with Gasteiger partial charge < -0.3 is 19.7 Å². The Bertz CT molecular complexity index is 500. The molecule has 1 saturated carbocycles. The molecule has 1 aliphatic carbocycles. The molecule has 3 atom stereocenters. The van der Waals surface area contributed by atoms with Crippen LogP contribution < -0.4 is 0 Å². The summed E-state index contributed by atoms with van der Waals surface area (Å²) in [6, 6.07) is 0. The number of allylic oxidation sites excluding steroid dienone is 3. The van der Waals surface area contributed by atoms with Crippen molar-refractivity contribution in [3.63, 3.8) is 0 Å². The molecule has 3 unspecified atom stereocenters. The maximum absolute atomic E-state index is 11.1. The van der Waals surface area contributed by atoms with E-state index in [1.165, 1.54) is 0 Å². The van der Waals surface area contributed by atoms with Crippen molar-refractivity contribution in [2.75, 3.05) is 6.61 Å². The molecule has 23 heavy (non-hydrogen) atoms. The molecule has 1 aliphatic rings. The number of esters is 1. The lowest BCUT2D eigenvalue weighted by atomic mass is 9.85. The van der Waals surface area contributed by atoms with Gasteiger partial charge in [-0.15, -0.1) is 0 Å². The van der Waals surface area contributed by atoms with Crippen molar-refractivity contribution in [2.45, 2.75) is 45.3 Å². The van der Waals surface area contributed by atoms with Crippen LogP contribution in [0.1, 0.15) is 33.1 Å². The molecule has 0 radical (unpaired) electrons. The smallest absolute Gasteiger partial charge is 0.330 e. The van der Waals surface area contributed by atoms with Crippen molar-refractivity contribution >= 4 is 5.97 Å². The quantitative estimate of drug-likeness (QED) is 0.326. The van der Waals surface area contributed by atoms with E-state index in [-0.39, 0.29) is 24.4 Å². The number of aliphatic hydroxyl groups is 2. The fourth-order valence-electron chi connectivity index (χ4n) is 2.58. The van der Waals surface area contributed by atoms with Crippen LogP contribution in [-0.4, -0.2) is 35.0 Å². The highest BCUT2D eigenvalue weighted by Crippen LogP contribution is 2.30. The number of hydrogen-bond acceptors (Lipinski definition) is 5. The van der Waals surface area contributed by atoms with Gasteiger partial charge in [0.25, 0.3) is 0 Å². The van der Waals surface area contributed by atoms with E-state index in [9.17, 15) is 15.0 Å². The number of carbonyl (C=O) groups is 1. The van der Waals surface area contributed by atoms with Crippen molar-refractivity contribution < 1.29 is 24.5 Å². The van der Waals surface area contributed by atoms with E-state index in [4.69, 9.17) is 9.47 Å². The Kier molecular flexibility index (Phi) is 7.62. The summed E-state index contributed by atoms with van der Waals surface area (Å²) >= 11 is 0. The van der Waals surface area contributed by atoms with Gasteiger partial charge in [0, 0.05) is 6.08 Å². The van der Waals surface area contributed by atoms with E-state index in [2.05, 4.69) is 13.2 Å². The van der Waals surface area contributed by atoms with Gasteiger partial charge in [0.1, 0.15) is 17.6 Å². The standard InChI is InChI=1S/C18H26O5/c1-5-7-15(12(3)19)13(4)23-17-9-8-14(10-16(17)20)11-22-18(21)6-2/h5-7,14,16-17,19-20H,2,4,8-11H2,1,3H3/b7-5-,15-12+. The second-order valence-corrected chi connectivity index (χ2v) is 5.66. The average Bonchev–Trinajstić information content (AvgIpc) is 2.51. The Morgan fingerprint density at radius 3 is 2.61 bits per heavy atom. The fraction of sp³-hybridized carbons (Fsp3) is 0.500. The molecule has 2 N–H and O–H groups in total. The van der Waals surface area contributed by atoms with Crippen LogP contribution in [0.3, 0.4) is 0 Å².